The third kappa shape index (κ3) is 23.5. The van der Waals surface area contributed by atoms with Crippen LogP contribution in [0.4, 0.5) is 0 Å². The number of hydrogen-bond acceptors (Lipinski definition) is 6. The van der Waals surface area contributed by atoms with Crippen LogP contribution < -0.4 is 5.73 Å². The number of unbranched alkanes of at least 4 members (excludes halogenated alkanes) is 14. The van der Waals surface area contributed by atoms with Crippen molar-refractivity contribution in [3.63, 3.8) is 0 Å². The lowest BCUT2D eigenvalue weighted by Crippen LogP contribution is -2.50. The molecule has 1 aromatic rings. The van der Waals surface area contributed by atoms with E-state index in [1.807, 2.05) is 30.3 Å². The summed E-state index contributed by atoms with van der Waals surface area (Å²) in [6.45, 7) is 31.3. The Bertz CT molecular complexity index is 1060. The molecule has 0 aromatic heterocycles. The van der Waals surface area contributed by atoms with Crippen LogP contribution in [-0.2, 0) is 24.8 Å². The van der Waals surface area contributed by atoms with Crippen LogP contribution in [0, 0.1) is 0 Å². The normalized spacial score (nSPS) is 14.6. The van der Waals surface area contributed by atoms with E-state index in [1.54, 1.807) is 0 Å². The molecule has 0 saturated heterocycles. The fourth-order valence-electron chi connectivity index (χ4n) is 6.93. The highest BCUT2D eigenvalue weighted by molar-refractivity contribution is 6.74. The van der Waals surface area contributed by atoms with E-state index in [9.17, 15) is 4.79 Å². The molecule has 328 valence electrons. The second kappa shape index (κ2) is 28.4. The Labute approximate surface area is 350 Å². The molecule has 0 aliphatic rings. The van der Waals surface area contributed by atoms with Gasteiger partial charge in [-0.2, -0.15) is 0 Å². The number of carbonyl (C=O) groups excluding carboxylic acids is 1. The third-order valence-corrected chi connectivity index (χ3v) is 21.8. The van der Waals surface area contributed by atoms with E-state index in [-0.39, 0.29) is 28.3 Å². The highest BCUT2D eigenvalue weighted by atomic mass is 28.4. The Morgan fingerprint density at radius 1 is 0.625 bits per heavy atom. The molecule has 0 bridgehead atoms. The van der Waals surface area contributed by atoms with Crippen LogP contribution in [0.25, 0.3) is 0 Å². The summed E-state index contributed by atoms with van der Waals surface area (Å²) >= 11 is 0. The smallest absolute Gasteiger partial charge is 0.323 e. The van der Waals surface area contributed by atoms with Gasteiger partial charge in [-0.1, -0.05) is 188 Å². The van der Waals surface area contributed by atoms with Gasteiger partial charge in [-0.3, -0.25) is 9.69 Å². The van der Waals surface area contributed by atoms with Gasteiger partial charge >= 0.3 is 5.97 Å². The lowest BCUT2D eigenvalue weighted by atomic mass is 10.0. The first-order valence-corrected chi connectivity index (χ1v) is 29.2. The number of ether oxygens (including phenoxy) is 1. The average molecular weight is 819 g/mol. The Balaban J connectivity index is 3.18. The zero-order valence-corrected chi connectivity index (χ0v) is 41.2. The van der Waals surface area contributed by atoms with Gasteiger partial charge in [0.15, 0.2) is 16.6 Å². The summed E-state index contributed by atoms with van der Waals surface area (Å²) in [5, 5.41) is 0.291. The summed E-state index contributed by atoms with van der Waals surface area (Å²) in [6.07, 6.45) is 24.9. The van der Waals surface area contributed by atoms with Gasteiger partial charge in [0.25, 0.3) is 0 Å². The van der Waals surface area contributed by atoms with Crippen molar-refractivity contribution in [2.75, 3.05) is 26.2 Å². The summed E-state index contributed by atoms with van der Waals surface area (Å²) < 4.78 is 20.4. The first-order valence-electron chi connectivity index (χ1n) is 23.4. The summed E-state index contributed by atoms with van der Waals surface area (Å²) in [7, 11) is -4.01. The Hall–Kier alpha value is -1.04. The van der Waals surface area contributed by atoms with Crippen LogP contribution >= 0.6 is 0 Å². The average Bonchev–Trinajstić information content (AvgIpc) is 3.11. The van der Waals surface area contributed by atoms with Crippen molar-refractivity contribution < 1.29 is 18.4 Å². The molecule has 56 heavy (non-hydrogen) atoms. The van der Waals surface area contributed by atoms with Crippen LogP contribution in [-0.4, -0.2) is 72.0 Å². The summed E-state index contributed by atoms with van der Waals surface area (Å²) in [6, 6.07) is 9.31. The van der Waals surface area contributed by atoms with Gasteiger partial charge in [0.1, 0.15) is 6.04 Å². The number of carbonyl (C=O) groups is 1. The van der Waals surface area contributed by atoms with Gasteiger partial charge in [0.05, 0.1) is 18.8 Å². The molecule has 0 aliphatic carbocycles. The van der Waals surface area contributed by atoms with Crippen molar-refractivity contribution in [3.05, 3.63) is 35.9 Å². The molecule has 0 amide bonds. The minimum Gasteiger partial charge on any atom is -0.464 e. The van der Waals surface area contributed by atoms with Crippen LogP contribution in [0.15, 0.2) is 30.3 Å². The number of rotatable bonds is 33. The highest BCUT2D eigenvalue weighted by Crippen LogP contribution is 2.39. The fraction of sp³-hybridized carbons (Fsp3) is 0.854. The van der Waals surface area contributed by atoms with Crippen molar-refractivity contribution >= 4 is 22.6 Å². The zero-order chi connectivity index (χ0) is 42.1. The van der Waals surface area contributed by atoms with Crippen LogP contribution in [0.1, 0.15) is 183 Å². The van der Waals surface area contributed by atoms with Gasteiger partial charge in [-0.05, 0) is 67.5 Å². The van der Waals surface area contributed by atoms with E-state index in [0.717, 1.165) is 44.5 Å². The van der Waals surface area contributed by atoms with Crippen molar-refractivity contribution in [2.24, 2.45) is 5.73 Å². The van der Waals surface area contributed by atoms with E-state index in [2.05, 4.69) is 86.5 Å². The SMILES string of the molecule is CCCCCCCCCCC(CN(CCCOC(=O)[C@@H](N)Cc1ccccc1)CC(CCCCCCCCCC)O[Si](C)(C)C(C)(C)C)O[Si](C)(C)C(C)(C)C. The first-order chi connectivity index (χ1) is 26.3. The molecule has 0 aliphatic heterocycles. The van der Waals surface area contributed by atoms with Gasteiger partial charge in [-0.15, -0.1) is 0 Å². The number of nitrogens with two attached hydrogens (primary N) is 1. The molecule has 2 unspecified atom stereocenters. The third-order valence-electron chi connectivity index (χ3n) is 12.7. The molecule has 8 heteroatoms. The molecule has 0 heterocycles. The van der Waals surface area contributed by atoms with E-state index in [4.69, 9.17) is 19.3 Å². The molecule has 3 atom stereocenters. The van der Waals surface area contributed by atoms with E-state index >= 15 is 0 Å². The second-order valence-corrected chi connectivity index (χ2v) is 29.6. The number of nitrogens with zero attached hydrogens (tertiary/aromatic N) is 1. The number of benzene rings is 1. The highest BCUT2D eigenvalue weighted by Gasteiger charge is 2.41. The summed E-state index contributed by atoms with van der Waals surface area (Å²) in [5.41, 5.74) is 7.35. The van der Waals surface area contributed by atoms with E-state index in [0.29, 0.717) is 13.0 Å². The van der Waals surface area contributed by atoms with Crippen molar-refractivity contribution in [1.29, 1.82) is 0 Å². The first kappa shape index (κ1) is 53.0. The predicted molar refractivity (Wildman–Crippen MR) is 249 cm³/mol. The lowest BCUT2D eigenvalue weighted by molar-refractivity contribution is -0.145. The molecule has 2 N–H and O–H groups in total. The maximum Gasteiger partial charge on any atom is 0.323 e. The molecule has 0 spiro atoms. The minimum atomic E-state index is -2.00. The second-order valence-electron chi connectivity index (χ2n) is 20.1. The van der Waals surface area contributed by atoms with Gasteiger partial charge in [0, 0.05) is 19.6 Å². The van der Waals surface area contributed by atoms with Crippen LogP contribution in [0.2, 0.25) is 36.3 Å². The van der Waals surface area contributed by atoms with Gasteiger partial charge < -0.3 is 19.3 Å². The van der Waals surface area contributed by atoms with E-state index in [1.165, 1.54) is 103 Å². The molecule has 0 fully saturated rings. The Morgan fingerprint density at radius 2 is 1.02 bits per heavy atom. The van der Waals surface area contributed by atoms with Crippen LogP contribution in [0.5, 0.6) is 0 Å². The minimum absolute atomic E-state index is 0.145. The molecule has 0 radical (unpaired) electrons. The van der Waals surface area contributed by atoms with Crippen molar-refractivity contribution in [3.8, 4) is 0 Å². The largest absolute Gasteiger partial charge is 0.464 e. The molecular formula is C48H94N2O4Si2. The van der Waals surface area contributed by atoms with Crippen molar-refractivity contribution in [1.82, 2.24) is 4.90 Å². The maximum atomic E-state index is 12.9. The monoisotopic (exact) mass is 819 g/mol. The molecule has 1 aromatic carbocycles. The van der Waals surface area contributed by atoms with Gasteiger partial charge in [0.2, 0.25) is 0 Å². The predicted octanol–water partition coefficient (Wildman–Crippen LogP) is 13.6. The van der Waals surface area contributed by atoms with Crippen molar-refractivity contribution in [2.45, 2.75) is 238 Å². The molecule has 0 saturated carbocycles. The summed E-state index contributed by atoms with van der Waals surface area (Å²) in [5.74, 6) is -0.317. The number of hydrogen-bond donors (Lipinski definition) is 1. The Morgan fingerprint density at radius 3 is 1.41 bits per heavy atom. The lowest BCUT2D eigenvalue weighted by Gasteiger charge is -2.42. The fourth-order valence-corrected chi connectivity index (χ4v) is 9.68. The molecule has 6 nitrogen and oxygen atoms in total. The van der Waals surface area contributed by atoms with E-state index < -0.39 is 22.7 Å². The zero-order valence-electron chi connectivity index (χ0n) is 39.2. The Kier molecular flexibility index (Phi) is 26.9. The standard InChI is InChI=1S/C48H94N2O4Si2/c1-13-15-17-19-21-23-25-30-35-43(53-55(9,10)47(3,4)5)40-50(37-32-38-52-46(51)45(49)39-42-33-28-27-29-34-42)41-44(54-56(11,12)48(6,7)8)36-31-26-24-22-20-18-16-14-2/h27-29,33-34,43-45H,13-26,30-32,35-41,49H2,1-12H3/t43?,44?,45-/m0/s1. The maximum absolute atomic E-state index is 12.9. The van der Waals surface area contributed by atoms with Gasteiger partial charge in [-0.25, -0.2) is 0 Å². The number of esters is 1. The summed E-state index contributed by atoms with van der Waals surface area (Å²) in [4.78, 5) is 15.6. The molecular weight excluding hydrogens is 725 g/mol. The topological polar surface area (TPSA) is 74.0 Å². The van der Waals surface area contributed by atoms with Crippen LogP contribution in [0.3, 0.4) is 0 Å². The quantitative estimate of drug-likeness (QED) is 0.0433. The molecule has 1 rings (SSSR count).